The third-order valence-corrected chi connectivity index (χ3v) is 3.22. The molecule has 3 nitrogen and oxygen atoms in total. The second kappa shape index (κ2) is 6.83. The first kappa shape index (κ1) is 12.5. The lowest BCUT2D eigenvalue weighted by molar-refractivity contribution is -0.126. The van der Waals surface area contributed by atoms with Crippen LogP contribution in [0.4, 0.5) is 0 Å². The van der Waals surface area contributed by atoms with Crippen molar-refractivity contribution in [3.63, 3.8) is 0 Å². The first-order valence-electron chi connectivity index (χ1n) is 6.24. The molecular weight excluding hydrogens is 188 g/mol. The molecule has 0 saturated heterocycles. The van der Waals surface area contributed by atoms with Crippen molar-refractivity contribution in [3.8, 4) is 0 Å². The number of nitrogens with two attached hydrogens (primary N) is 1. The molecule has 0 bridgehead atoms. The summed E-state index contributed by atoms with van der Waals surface area (Å²) in [5, 5.41) is 2.98. The molecule has 1 fully saturated rings. The highest BCUT2D eigenvalue weighted by atomic mass is 16.1. The van der Waals surface area contributed by atoms with Gasteiger partial charge in [-0.05, 0) is 19.8 Å². The molecule has 1 rings (SSSR count). The van der Waals surface area contributed by atoms with Gasteiger partial charge in [0.1, 0.15) is 0 Å². The Morgan fingerprint density at radius 3 is 2.33 bits per heavy atom. The Morgan fingerprint density at radius 1 is 1.27 bits per heavy atom. The van der Waals surface area contributed by atoms with Crippen LogP contribution in [-0.2, 0) is 4.79 Å². The topological polar surface area (TPSA) is 55.1 Å². The maximum absolute atomic E-state index is 11.9. The van der Waals surface area contributed by atoms with Gasteiger partial charge in [-0.15, -0.1) is 0 Å². The molecule has 15 heavy (non-hydrogen) atoms. The third kappa shape index (κ3) is 4.65. The zero-order chi connectivity index (χ0) is 11.1. The minimum Gasteiger partial charge on any atom is -0.352 e. The highest BCUT2D eigenvalue weighted by Gasteiger charge is 2.19. The fraction of sp³-hybridized carbons (Fsp3) is 0.917. The largest absolute Gasteiger partial charge is 0.352 e. The van der Waals surface area contributed by atoms with Gasteiger partial charge in [0.25, 0.3) is 0 Å². The first-order valence-corrected chi connectivity index (χ1v) is 6.24. The van der Waals surface area contributed by atoms with Gasteiger partial charge >= 0.3 is 0 Å². The van der Waals surface area contributed by atoms with Crippen LogP contribution < -0.4 is 11.1 Å². The van der Waals surface area contributed by atoms with E-state index >= 15 is 0 Å². The lowest BCUT2D eigenvalue weighted by Crippen LogP contribution is -2.41. The van der Waals surface area contributed by atoms with Crippen molar-refractivity contribution in [2.75, 3.05) is 6.54 Å². The Labute approximate surface area is 92.8 Å². The fourth-order valence-corrected chi connectivity index (χ4v) is 2.14. The molecular formula is C12H24N2O. The maximum Gasteiger partial charge on any atom is 0.223 e. The quantitative estimate of drug-likeness (QED) is 0.749. The molecule has 0 aromatic carbocycles. The van der Waals surface area contributed by atoms with Crippen LogP contribution in [0.1, 0.15) is 51.9 Å². The summed E-state index contributed by atoms with van der Waals surface area (Å²) in [6.07, 6.45) is 8.44. The summed E-state index contributed by atoms with van der Waals surface area (Å²) in [4.78, 5) is 11.9. The van der Waals surface area contributed by atoms with E-state index < -0.39 is 0 Å². The van der Waals surface area contributed by atoms with E-state index in [2.05, 4.69) is 5.32 Å². The van der Waals surface area contributed by atoms with E-state index in [9.17, 15) is 4.79 Å². The van der Waals surface area contributed by atoms with Gasteiger partial charge in [-0.25, -0.2) is 0 Å². The number of carbonyl (C=O) groups is 1. The summed E-state index contributed by atoms with van der Waals surface area (Å²) in [5.74, 6) is 0.453. The van der Waals surface area contributed by atoms with Crippen LogP contribution in [0.5, 0.6) is 0 Å². The van der Waals surface area contributed by atoms with Crippen LogP contribution in [0.2, 0.25) is 0 Å². The third-order valence-electron chi connectivity index (χ3n) is 3.22. The van der Waals surface area contributed by atoms with Crippen molar-refractivity contribution in [1.82, 2.24) is 5.32 Å². The lowest BCUT2D eigenvalue weighted by Gasteiger charge is -2.21. The molecule has 0 heterocycles. The first-order chi connectivity index (χ1) is 7.24. The Hall–Kier alpha value is -0.570. The van der Waals surface area contributed by atoms with E-state index in [0.29, 0.717) is 6.54 Å². The maximum atomic E-state index is 11.9. The van der Waals surface area contributed by atoms with Gasteiger partial charge in [0.2, 0.25) is 5.91 Å². The number of nitrogens with one attached hydrogen (secondary N) is 1. The average molecular weight is 212 g/mol. The fourth-order valence-electron chi connectivity index (χ4n) is 2.14. The molecule has 0 spiro atoms. The zero-order valence-corrected chi connectivity index (χ0v) is 9.80. The molecule has 1 amide bonds. The second-order valence-corrected chi connectivity index (χ2v) is 4.69. The van der Waals surface area contributed by atoms with Crippen LogP contribution >= 0.6 is 0 Å². The molecule has 0 aromatic rings. The molecule has 88 valence electrons. The number of rotatable bonds is 3. The van der Waals surface area contributed by atoms with Crippen LogP contribution in [-0.4, -0.2) is 18.5 Å². The Balaban J connectivity index is 2.34. The predicted molar refractivity (Wildman–Crippen MR) is 62.5 cm³/mol. The van der Waals surface area contributed by atoms with E-state index in [1.807, 2.05) is 6.92 Å². The van der Waals surface area contributed by atoms with Crippen LogP contribution in [0.15, 0.2) is 0 Å². The normalized spacial score (nSPS) is 21.5. The molecule has 1 atom stereocenters. The monoisotopic (exact) mass is 212 g/mol. The molecule has 0 unspecified atom stereocenters. The number of amides is 1. The molecule has 1 aliphatic carbocycles. The highest BCUT2D eigenvalue weighted by Crippen LogP contribution is 2.22. The van der Waals surface area contributed by atoms with E-state index in [4.69, 9.17) is 5.73 Å². The summed E-state index contributed by atoms with van der Waals surface area (Å²) >= 11 is 0. The predicted octanol–water partition coefficient (Wildman–Crippen LogP) is 1.81. The van der Waals surface area contributed by atoms with Crippen molar-refractivity contribution >= 4 is 5.91 Å². The summed E-state index contributed by atoms with van der Waals surface area (Å²) < 4.78 is 0. The molecule has 0 aromatic heterocycles. The Morgan fingerprint density at radius 2 is 1.80 bits per heavy atom. The van der Waals surface area contributed by atoms with Crippen molar-refractivity contribution in [1.29, 1.82) is 0 Å². The average Bonchev–Trinajstić information content (AvgIpc) is 2.16. The van der Waals surface area contributed by atoms with Gasteiger partial charge in [0.05, 0.1) is 0 Å². The molecule has 3 heteroatoms. The van der Waals surface area contributed by atoms with Gasteiger partial charge in [0.15, 0.2) is 0 Å². The molecule has 0 aliphatic heterocycles. The van der Waals surface area contributed by atoms with Crippen molar-refractivity contribution < 1.29 is 4.79 Å². The molecule has 1 aliphatic rings. The summed E-state index contributed by atoms with van der Waals surface area (Å²) in [6, 6.07) is 0.114. The van der Waals surface area contributed by atoms with E-state index in [-0.39, 0.29) is 17.9 Å². The van der Waals surface area contributed by atoms with Crippen molar-refractivity contribution in [2.45, 2.75) is 57.9 Å². The Kier molecular flexibility index (Phi) is 5.69. The van der Waals surface area contributed by atoms with Gasteiger partial charge < -0.3 is 11.1 Å². The van der Waals surface area contributed by atoms with Gasteiger partial charge in [-0.2, -0.15) is 0 Å². The lowest BCUT2D eigenvalue weighted by atomic mass is 9.90. The summed E-state index contributed by atoms with van der Waals surface area (Å²) in [5.41, 5.74) is 5.49. The second-order valence-electron chi connectivity index (χ2n) is 4.69. The molecule has 0 radical (unpaired) electrons. The number of hydrogen-bond donors (Lipinski definition) is 2. The van der Waals surface area contributed by atoms with Gasteiger partial charge in [0, 0.05) is 18.5 Å². The Bertz CT molecular complexity index is 186. The van der Waals surface area contributed by atoms with Crippen molar-refractivity contribution in [2.24, 2.45) is 11.7 Å². The van der Waals surface area contributed by atoms with Crippen LogP contribution in [0.3, 0.4) is 0 Å². The number of carbonyl (C=O) groups excluding carboxylic acids is 1. The van der Waals surface area contributed by atoms with E-state index in [1.54, 1.807) is 0 Å². The molecule has 1 saturated carbocycles. The SMILES string of the molecule is C[C@H](CN)NC(=O)C1CCCCCCC1. The van der Waals surface area contributed by atoms with Gasteiger partial charge in [-0.1, -0.05) is 32.1 Å². The van der Waals surface area contributed by atoms with Crippen LogP contribution in [0.25, 0.3) is 0 Å². The van der Waals surface area contributed by atoms with Crippen molar-refractivity contribution in [3.05, 3.63) is 0 Å². The van der Waals surface area contributed by atoms with E-state index in [1.165, 1.54) is 32.1 Å². The standard InChI is InChI=1S/C12H24N2O/c1-10(9-13)14-12(15)11-7-5-3-2-4-6-8-11/h10-11H,2-9,13H2,1H3,(H,14,15)/t10-/m1/s1. The highest BCUT2D eigenvalue weighted by molar-refractivity contribution is 5.78. The smallest absolute Gasteiger partial charge is 0.223 e. The summed E-state index contributed by atoms with van der Waals surface area (Å²) in [7, 11) is 0. The van der Waals surface area contributed by atoms with Gasteiger partial charge in [-0.3, -0.25) is 4.79 Å². The van der Waals surface area contributed by atoms with Crippen LogP contribution in [0, 0.1) is 5.92 Å². The minimum atomic E-state index is 0.114. The minimum absolute atomic E-state index is 0.114. The summed E-state index contributed by atoms with van der Waals surface area (Å²) in [6.45, 7) is 2.49. The number of hydrogen-bond acceptors (Lipinski definition) is 2. The van der Waals surface area contributed by atoms with E-state index in [0.717, 1.165) is 12.8 Å². The molecule has 3 N–H and O–H groups in total. The zero-order valence-electron chi connectivity index (χ0n) is 9.80.